The number of para-hydroxylation sites is 1. The van der Waals surface area contributed by atoms with Crippen molar-refractivity contribution in [3.05, 3.63) is 78.4 Å². The molecule has 1 heterocycles. The Balaban J connectivity index is 1.41. The molecule has 0 saturated heterocycles. The van der Waals surface area contributed by atoms with Gasteiger partial charge in [-0.1, -0.05) is 48.5 Å². The van der Waals surface area contributed by atoms with Crippen molar-refractivity contribution >= 4 is 39.5 Å². The first-order valence-corrected chi connectivity index (χ1v) is 8.72. The number of amides is 1. The second-order valence-corrected chi connectivity index (χ2v) is 6.28. The summed E-state index contributed by atoms with van der Waals surface area (Å²) in [6.07, 6.45) is -1.43. The van der Waals surface area contributed by atoms with Crippen molar-refractivity contribution in [3.63, 3.8) is 0 Å². The largest absolute Gasteiger partial charge is 0.456 e. The van der Waals surface area contributed by atoms with Crippen molar-refractivity contribution < 1.29 is 23.8 Å². The van der Waals surface area contributed by atoms with Crippen LogP contribution in [0.4, 0.5) is 5.69 Å². The molecule has 0 aliphatic heterocycles. The summed E-state index contributed by atoms with van der Waals surface area (Å²) in [5.41, 5.74) is 2.45. The van der Waals surface area contributed by atoms with Crippen LogP contribution in [0.1, 0.15) is 11.7 Å². The summed E-state index contributed by atoms with van der Waals surface area (Å²) in [6, 6.07) is 21.3. The van der Waals surface area contributed by atoms with Crippen LogP contribution in [-0.4, -0.2) is 23.6 Å². The first kappa shape index (κ1) is 17.8. The van der Waals surface area contributed by atoms with E-state index in [0.29, 0.717) is 11.3 Å². The maximum atomic E-state index is 12.1. The van der Waals surface area contributed by atoms with Gasteiger partial charge in [0.15, 0.2) is 12.7 Å². The molecule has 0 spiro atoms. The van der Waals surface area contributed by atoms with Gasteiger partial charge in [0.1, 0.15) is 11.2 Å². The number of hydrogen-bond donors (Lipinski definition) is 2. The minimum absolute atomic E-state index is 0.408. The Kier molecular flexibility index (Phi) is 4.78. The Labute approximate surface area is 160 Å². The molecule has 0 fully saturated rings. The summed E-state index contributed by atoms with van der Waals surface area (Å²) >= 11 is 0. The molecule has 0 saturated carbocycles. The van der Waals surface area contributed by atoms with Crippen LogP contribution in [0.25, 0.3) is 21.9 Å². The Morgan fingerprint density at radius 2 is 1.64 bits per heavy atom. The molecule has 28 heavy (non-hydrogen) atoms. The van der Waals surface area contributed by atoms with E-state index in [1.165, 1.54) is 0 Å². The zero-order valence-electron chi connectivity index (χ0n) is 14.8. The lowest BCUT2D eigenvalue weighted by atomic mass is 10.1. The normalized spacial score (nSPS) is 12.0. The van der Waals surface area contributed by atoms with E-state index < -0.39 is 24.6 Å². The topological polar surface area (TPSA) is 88.8 Å². The molecule has 0 bridgehead atoms. The molecule has 0 aliphatic rings. The molecule has 4 rings (SSSR count). The minimum atomic E-state index is -1.43. The number of carbonyl (C=O) groups is 2. The number of anilines is 1. The van der Waals surface area contributed by atoms with Crippen LogP contribution < -0.4 is 5.32 Å². The van der Waals surface area contributed by atoms with Crippen LogP contribution in [0.5, 0.6) is 0 Å². The number of fused-ring (bicyclic) bond motifs is 3. The first-order chi connectivity index (χ1) is 13.6. The number of hydrogen-bond acceptors (Lipinski definition) is 5. The van der Waals surface area contributed by atoms with Crippen molar-refractivity contribution in [3.8, 4) is 0 Å². The highest BCUT2D eigenvalue weighted by molar-refractivity contribution is 6.07. The summed E-state index contributed by atoms with van der Waals surface area (Å²) in [7, 11) is 0. The molecule has 6 nitrogen and oxygen atoms in total. The molecule has 0 unspecified atom stereocenters. The van der Waals surface area contributed by atoms with Crippen LogP contribution in [0.3, 0.4) is 0 Å². The number of rotatable bonds is 5. The average Bonchev–Trinajstić information content (AvgIpc) is 3.10. The van der Waals surface area contributed by atoms with Gasteiger partial charge in [0.25, 0.3) is 5.91 Å². The van der Waals surface area contributed by atoms with Crippen molar-refractivity contribution in [2.75, 3.05) is 11.9 Å². The number of ether oxygens (including phenoxy) is 1. The van der Waals surface area contributed by atoms with Gasteiger partial charge < -0.3 is 19.6 Å². The summed E-state index contributed by atoms with van der Waals surface area (Å²) < 4.78 is 10.7. The number of benzene rings is 3. The van der Waals surface area contributed by atoms with E-state index >= 15 is 0 Å². The van der Waals surface area contributed by atoms with Crippen LogP contribution in [0, 0.1) is 0 Å². The smallest absolute Gasteiger partial charge is 0.340 e. The summed E-state index contributed by atoms with van der Waals surface area (Å²) in [4.78, 5) is 24.0. The predicted octanol–water partition coefficient (Wildman–Crippen LogP) is 3.80. The Morgan fingerprint density at radius 3 is 2.46 bits per heavy atom. The van der Waals surface area contributed by atoms with Crippen LogP contribution >= 0.6 is 0 Å². The first-order valence-electron chi connectivity index (χ1n) is 8.72. The Hall–Kier alpha value is -3.64. The van der Waals surface area contributed by atoms with Gasteiger partial charge in [-0.3, -0.25) is 4.79 Å². The standard InChI is InChI=1S/C22H17NO5/c24-20(13-27-22(26)21(25)14-6-2-1-3-7-14)23-15-10-11-19-17(12-15)16-8-4-5-9-18(16)28-19/h1-12,21,25H,13H2,(H,23,24)/t21-/m1/s1. The highest BCUT2D eigenvalue weighted by Crippen LogP contribution is 2.30. The van der Waals surface area contributed by atoms with E-state index in [1.807, 2.05) is 24.3 Å². The van der Waals surface area contributed by atoms with Crippen LogP contribution in [0.2, 0.25) is 0 Å². The Bertz CT molecular complexity index is 1150. The van der Waals surface area contributed by atoms with Gasteiger partial charge in [0, 0.05) is 16.5 Å². The second-order valence-electron chi connectivity index (χ2n) is 6.28. The van der Waals surface area contributed by atoms with Crippen molar-refractivity contribution in [2.45, 2.75) is 6.10 Å². The lowest BCUT2D eigenvalue weighted by molar-refractivity contribution is -0.156. The molecular formula is C22H17NO5. The van der Waals surface area contributed by atoms with E-state index in [1.54, 1.807) is 48.5 Å². The van der Waals surface area contributed by atoms with Crippen LogP contribution in [-0.2, 0) is 14.3 Å². The zero-order chi connectivity index (χ0) is 19.5. The van der Waals surface area contributed by atoms with Gasteiger partial charge >= 0.3 is 5.97 Å². The van der Waals surface area contributed by atoms with Gasteiger partial charge in [0.05, 0.1) is 0 Å². The number of nitrogens with one attached hydrogen (secondary N) is 1. The fourth-order valence-electron chi connectivity index (χ4n) is 2.99. The molecule has 1 atom stereocenters. The monoisotopic (exact) mass is 375 g/mol. The fraction of sp³-hybridized carbons (Fsp3) is 0.0909. The molecule has 2 N–H and O–H groups in total. The number of aliphatic hydroxyl groups is 1. The number of aliphatic hydroxyl groups excluding tert-OH is 1. The lowest BCUT2D eigenvalue weighted by Crippen LogP contribution is -2.23. The van der Waals surface area contributed by atoms with Gasteiger partial charge in [-0.05, 0) is 29.8 Å². The maximum Gasteiger partial charge on any atom is 0.340 e. The fourth-order valence-corrected chi connectivity index (χ4v) is 2.99. The third-order valence-electron chi connectivity index (χ3n) is 4.34. The quantitative estimate of drug-likeness (QED) is 0.518. The van der Waals surface area contributed by atoms with Gasteiger partial charge in [-0.2, -0.15) is 0 Å². The average molecular weight is 375 g/mol. The number of carbonyl (C=O) groups excluding carboxylic acids is 2. The highest BCUT2D eigenvalue weighted by Gasteiger charge is 2.19. The molecule has 4 aromatic rings. The van der Waals surface area contributed by atoms with E-state index in [-0.39, 0.29) is 0 Å². The lowest BCUT2D eigenvalue weighted by Gasteiger charge is -2.11. The van der Waals surface area contributed by atoms with E-state index in [0.717, 1.165) is 21.9 Å². The van der Waals surface area contributed by atoms with Crippen molar-refractivity contribution in [2.24, 2.45) is 0 Å². The minimum Gasteiger partial charge on any atom is -0.456 e. The maximum absolute atomic E-state index is 12.1. The van der Waals surface area contributed by atoms with Gasteiger partial charge in [-0.15, -0.1) is 0 Å². The summed E-state index contributed by atoms with van der Waals surface area (Å²) in [5, 5.41) is 14.5. The predicted molar refractivity (Wildman–Crippen MR) is 105 cm³/mol. The molecule has 0 aliphatic carbocycles. The van der Waals surface area contributed by atoms with Crippen LogP contribution in [0.15, 0.2) is 77.2 Å². The van der Waals surface area contributed by atoms with Crippen molar-refractivity contribution in [1.82, 2.24) is 0 Å². The Morgan fingerprint density at radius 1 is 0.929 bits per heavy atom. The molecule has 0 radical (unpaired) electrons. The third kappa shape index (κ3) is 3.58. The number of esters is 1. The summed E-state index contributed by atoms with van der Waals surface area (Å²) in [5.74, 6) is -1.38. The highest BCUT2D eigenvalue weighted by atomic mass is 16.5. The molecule has 140 valence electrons. The number of furan rings is 1. The molecule has 1 aromatic heterocycles. The SMILES string of the molecule is O=C(COC(=O)[C@H](O)c1ccccc1)Nc1ccc2oc3ccccc3c2c1. The zero-order valence-corrected chi connectivity index (χ0v) is 14.8. The van der Waals surface area contributed by atoms with Gasteiger partial charge in [-0.25, -0.2) is 4.79 Å². The molecule has 3 aromatic carbocycles. The summed E-state index contributed by atoms with van der Waals surface area (Å²) in [6.45, 7) is -0.493. The van der Waals surface area contributed by atoms with E-state index in [2.05, 4.69) is 5.32 Å². The molecule has 6 heteroatoms. The van der Waals surface area contributed by atoms with Crippen molar-refractivity contribution in [1.29, 1.82) is 0 Å². The van der Waals surface area contributed by atoms with E-state index in [4.69, 9.17) is 9.15 Å². The molecule has 1 amide bonds. The van der Waals surface area contributed by atoms with E-state index in [9.17, 15) is 14.7 Å². The second kappa shape index (κ2) is 7.54. The third-order valence-corrected chi connectivity index (χ3v) is 4.34. The van der Waals surface area contributed by atoms with Gasteiger partial charge in [0.2, 0.25) is 0 Å². The molecular weight excluding hydrogens is 358 g/mol.